The van der Waals surface area contributed by atoms with Crippen LogP contribution in [0.3, 0.4) is 0 Å². The molecule has 0 saturated carbocycles. The monoisotopic (exact) mass is 702 g/mol. The number of hydrogen-bond acceptors (Lipinski definition) is 8. The van der Waals surface area contributed by atoms with Crippen LogP contribution in [-0.2, 0) is 40.1 Å². The second-order valence-electron chi connectivity index (χ2n) is 3.96. The molecule has 0 aliphatic carbocycles. The molecular formula is C4H2CeF12N2O8S4. The van der Waals surface area contributed by atoms with Gasteiger partial charge in [0.2, 0.25) is 0 Å². The molecule has 0 heterocycles. The fourth-order valence-corrected chi connectivity index (χ4v) is 4.30. The molecule has 188 valence electrons. The Morgan fingerprint density at radius 1 is 0.355 bits per heavy atom. The van der Waals surface area contributed by atoms with Crippen molar-refractivity contribution in [2.45, 2.75) is 22.0 Å². The summed E-state index contributed by atoms with van der Waals surface area (Å²) >= 11 is 0. The molecule has 0 unspecified atom stereocenters. The zero-order chi connectivity index (χ0) is 25.4. The standard InChI is InChI=1S/2C2HF6NO4S2.Ce/c2*3-1(4,5)14(10,11)9-15(12,13)2(6,7)8;/h2*9H;. The van der Waals surface area contributed by atoms with E-state index >= 15 is 0 Å². The molecule has 0 spiro atoms. The summed E-state index contributed by atoms with van der Waals surface area (Å²) < 4.78 is 217. The van der Waals surface area contributed by atoms with Crippen LogP contribution in [0, 0.1) is 41.7 Å². The summed E-state index contributed by atoms with van der Waals surface area (Å²) in [5, 5.41) is 0. The van der Waals surface area contributed by atoms with Crippen LogP contribution in [0.15, 0.2) is 0 Å². The summed E-state index contributed by atoms with van der Waals surface area (Å²) in [5.74, 6) is 0. The maximum Gasteiger partial charge on any atom is 0.512 e. The molecule has 2 N–H and O–H groups in total. The van der Waals surface area contributed by atoms with E-state index in [-0.39, 0.29) is 41.7 Å². The first-order valence-corrected chi connectivity index (χ1v) is 11.2. The van der Waals surface area contributed by atoms with Gasteiger partial charge in [-0.2, -0.15) is 52.7 Å². The Kier molecular flexibility index (Phi) is 11.9. The third-order valence-electron chi connectivity index (χ3n) is 1.66. The molecule has 0 saturated heterocycles. The zero-order valence-electron chi connectivity index (χ0n) is 12.9. The van der Waals surface area contributed by atoms with Gasteiger partial charge in [-0.1, -0.05) is 8.25 Å². The molecule has 0 rings (SSSR count). The van der Waals surface area contributed by atoms with Gasteiger partial charge in [0.25, 0.3) is 0 Å². The van der Waals surface area contributed by atoms with Crippen LogP contribution >= 0.6 is 0 Å². The number of halogens is 12. The number of hydrogen-bond donors (Lipinski definition) is 2. The fraction of sp³-hybridized carbons (Fsp3) is 1.00. The molecule has 0 radical (unpaired) electrons. The average molecular weight is 702 g/mol. The second kappa shape index (κ2) is 10.3. The van der Waals surface area contributed by atoms with Gasteiger partial charge in [-0.05, 0) is 0 Å². The van der Waals surface area contributed by atoms with Crippen molar-refractivity contribution in [2.24, 2.45) is 0 Å². The van der Waals surface area contributed by atoms with Crippen LogP contribution < -0.4 is 8.25 Å². The van der Waals surface area contributed by atoms with E-state index < -0.39 is 70.4 Å². The number of alkyl halides is 12. The van der Waals surface area contributed by atoms with Gasteiger partial charge < -0.3 is 0 Å². The van der Waals surface area contributed by atoms with Gasteiger partial charge in [-0.25, -0.2) is 33.7 Å². The van der Waals surface area contributed by atoms with Crippen LogP contribution in [0.2, 0.25) is 0 Å². The third-order valence-corrected chi connectivity index (χ3v) is 7.61. The number of nitrogens with one attached hydrogen (secondary N) is 2. The summed E-state index contributed by atoms with van der Waals surface area (Å²) in [7, 11) is -26.4. The Morgan fingerprint density at radius 2 is 0.452 bits per heavy atom. The Bertz CT molecular complexity index is 862. The van der Waals surface area contributed by atoms with Gasteiger partial charge in [0.1, 0.15) is 0 Å². The SMILES string of the molecule is O=S(=O)(NS(=O)(=O)C(F)(F)F)C(F)(F)F.O=S(=O)(NS(=O)(=O)C(F)(F)F)C(F)(F)F.[Ce]. The van der Waals surface area contributed by atoms with Crippen LogP contribution in [0.1, 0.15) is 0 Å². The van der Waals surface area contributed by atoms with E-state index in [1.165, 1.54) is 0 Å². The van der Waals surface area contributed by atoms with Crippen LogP contribution in [-0.4, -0.2) is 55.7 Å². The fourth-order valence-electron chi connectivity index (χ4n) is 0.478. The van der Waals surface area contributed by atoms with Crippen LogP contribution in [0.25, 0.3) is 0 Å². The first-order valence-electron chi connectivity index (χ1n) is 5.23. The minimum atomic E-state index is -6.60. The van der Waals surface area contributed by atoms with Crippen molar-refractivity contribution in [3.8, 4) is 0 Å². The van der Waals surface area contributed by atoms with Gasteiger partial charge in [-0.3, -0.25) is 0 Å². The van der Waals surface area contributed by atoms with Crippen LogP contribution in [0.5, 0.6) is 0 Å². The third kappa shape index (κ3) is 10.4. The van der Waals surface area contributed by atoms with E-state index in [4.69, 9.17) is 0 Å². The molecule has 31 heavy (non-hydrogen) atoms. The number of sulfonamides is 4. The number of rotatable bonds is 4. The molecule has 0 amide bonds. The van der Waals surface area contributed by atoms with Crippen molar-refractivity contribution in [3.63, 3.8) is 0 Å². The maximum absolute atomic E-state index is 11.5. The summed E-state index contributed by atoms with van der Waals surface area (Å²) in [6.45, 7) is 0. The quantitative estimate of drug-likeness (QED) is 0.402. The second-order valence-corrected chi connectivity index (χ2v) is 11.2. The summed E-state index contributed by atoms with van der Waals surface area (Å²) in [6, 6.07) is 0. The van der Waals surface area contributed by atoms with Crippen molar-refractivity contribution in [1.82, 2.24) is 8.25 Å². The van der Waals surface area contributed by atoms with Crippen molar-refractivity contribution in [3.05, 3.63) is 0 Å². The largest absolute Gasteiger partial charge is 0.512 e. The van der Waals surface area contributed by atoms with Gasteiger partial charge in [0.05, 0.1) is 0 Å². The van der Waals surface area contributed by atoms with Crippen molar-refractivity contribution in [2.75, 3.05) is 0 Å². The summed E-state index contributed by atoms with van der Waals surface area (Å²) in [6.07, 6.45) is 0. The van der Waals surface area contributed by atoms with E-state index in [2.05, 4.69) is 0 Å². The molecule has 0 aromatic heterocycles. The van der Waals surface area contributed by atoms with Crippen molar-refractivity contribution in [1.29, 1.82) is 0 Å². The molecule has 10 nitrogen and oxygen atoms in total. The molecule has 27 heteroatoms. The van der Waals surface area contributed by atoms with Crippen molar-refractivity contribution < 1.29 is 128 Å². The van der Waals surface area contributed by atoms with Gasteiger partial charge in [0.15, 0.2) is 0 Å². The topological polar surface area (TPSA) is 161 Å². The van der Waals surface area contributed by atoms with E-state index in [0.29, 0.717) is 0 Å². The molecule has 0 fully saturated rings. The molecule has 0 atom stereocenters. The normalized spacial score (nSPS) is 14.8. The van der Waals surface area contributed by atoms with Gasteiger partial charge in [-0.15, -0.1) is 0 Å². The first kappa shape index (κ1) is 35.8. The van der Waals surface area contributed by atoms with Gasteiger partial charge >= 0.3 is 62.1 Å². The molecule has 0 bridgehead atoms. The van der Waals surface area contributed by atoms with E-state index in [1.807, 2.05) is 0 Å². The minimum absolute atomic E-state index is 0. The molecule has 0 aromatic rings. The van der Waals surface area contributed by atoms with Gasteiger partial charge in [0, 0.05) is 41.7 Å². The molecule has 0 aliphatic rings. The summed E-state index contributed by atoms with van der Waals surface area (Å²) in [4.78, 5) is 0. The predicted octanol–water partition coefficient (Wildman–Crippen LogP) is 0.550. The van der Waals surface area contributed by atoms with E-state index in [1.54, 1.807) is 0 Å². The van der Waals surface area contributed by atoms with Crippen LogP contribution in [0.4, 0.5) is 52.7 Å². The summed E-state index contributed by atoms with van der Waals surface area (Å²) in [5.41, 5.74) is -24.6. The zero-order valence-corrected chi connectivity index (χ0v) is 19.3. The Labute approximate surface area is 197 Å². The Hall–Kier alpha value is 0.257. The minimum Gasteiger partial charge on any atom is -0.202 e. The smallest absolute Gasteiger partial charge is 0.202 e. The molecule has 0 aromatic carbocycles. The van der Waals surface area contributed by atoms with E-state index in [0.717, 1.165) is 0 Å². The van der Waals surface area contributed by atoms with Crippen molar-refractivity contribution >= 4 is 40.1 Å². The Morgan fingerprint density at radius 3 is 0.516 bits per heavy atom. The predicted molar refractivity (Wildman–Crippen MR) is 66.2 cm³/mol. The Balaban J connectivity index is -0.000000490. The molecular weight excluding hydrogens is 700 g/mol. The average Bonchev–Trinajstić information content (AvgIpc) is 2.30. The van der Waals surface area contributed by atoms with E-state index in [9.17, 15) is 86.4 Å². The first-order chi connectivity index (χ1) is 12.4. The maximum atomic E-state index is 11.5. The molecule has 0 aliphatic heterocycles.